The van der Waals surface area contributed by atoms with Crippen molar-refractivity contribution < 1.29 is 27.5 Å². The normalized spacial score (nSPS) is 14.2. The minimum Gasteiger partial charge on any atom is -0.481 e. The molecule has 2 amide bonds. The summed E-state index contributed by atoms with van der Waals surface area (Å²) < 4.78 is 45.0. The van der Waals surface area contributed by atoms with E-state index in [4.69, 9.17) is 4.74 Å². The number of hydrogen-bond acceptors (Lipinski definition) is 3. The molecule has 2 aromatic carbocycles. The van der Waals surface area contributed by atoms with E-state index in [0.717, 1.165) is 12.1 Å². The molecule has 0 aliphatic carbocycles. The number of para-hydroxylation sites is 1. The molecule has 5 nitrogen and oxygen atoms in total. The smallest absolute Gasteiger partial charge is 0.260 e. The lowest BCUT2D eigenvalue weighted by molar-refractivity contribution is -0.134. The average molecular weight is 378 g/mol. The van der Waals surface area contributed by atoms with E-state index in [9.17, 15) is 22.8 Å². The summed E-state index contributed by atoms with van der Waals surface area (Å²) >= 11 is 0. The van der Waals surface area contributed by atoms with Crippen molar-refractivity contribution in [3.8, 4) is 5.75 Å². The first kappa shape index (κ1) is 18.8. The molecule has 0 saturated carbocycles. The quantitative estimate of drug-likeness (QED) is 0.821. The minimum atomic E-state index is -1.08. The highest BCUT2D eigenvalue weighted by Crippen LogP contribution is 2.16. The second-order valence-electron chi connectivity index (χ2n) is 6.02. The summed E-state index contributed by atoms with van der Waals surface area (Å²) in [6.45, 7) is 0.744. The van der Waals surface area contributed by atoms with Gasteiger partial charge in [-0.15, -0.1) is 0 Å². The lowest BCUT2D eigenvalue weighted by atomic mass is 10.1. The van der Waals surface area contributed by atoms with Gasteiger partial charge in [0.1, 0.15) is 0 Å². The van der Waals surface area contributed by atoms with E-state index in [2.05, 4.69) is 0 Å². The molecule has 0 spiro atoms. The van der Waals surface area contributed by atoms with Gasteiger partial charge in [0.2, 0.25) is 0 Å². The van der Waals surface area contributed by atoms with Crippen molar-refractivity contribution in [2.24, 2.45) is 0 Å². The zero-order valence-electron chi connectivity index (χ0n) is 14.3. The summed E-state index contributed by atoms with van der Waals surface area (Å²) in [4.78, 5) is 27.5. The summed E-state index contributed by atoms with van der Waals surface area (Å²) in [7, 11) is 0. The van der Waals surface area contributed by atoms with Crippen LogP contribution in [0.5, 0.6) is 5.75 Å². The number of amides is 2. The predicted octanol–water partition coefficient (Wildman–Crippen LogP) is 2.47. The molecule has 27 heavy (non-hydrogen) atoms. The molecule has 0 bridgehead atoms. The minimum absolute atomic E-state index is 0.00185. The van der Waals surface area contributed by atoms with Crippen LogP contribution in [0.2, 0.25) is 0 Å². The van der Waals surface area contributed by atoms with Crippen molar-refractivity contribution in [3.05, 3.63) is 65.5 Å². The number of carbonyl (C=O) groups is 2. The summed E-state index contributed by atoms with van der Waals surface area (Å²) in [5.74, 6) is -3.40. The van der Waals surface area contributed by atoms with E-state index < -0.39 is 23.4 Å². The maximum atomic E-state index is 13.5. The van der Waals surface area contributed by atoms with Crippen LogP contribution in [0.3, 0.4) is 0 Å². The first-order chi connectivity index (χ1) is 13.0. The molecule has 1 aliphatic rings. The molecule has 3 rings (SSSR count). The average Bonchev–Trinajstić information content (AvgIpc) is 2.69. The fourth-order valence-corrected chi connectivity index (χ4v) is 2.76. The highest BCUT2D eigenvalue weighted by atomic mass is 19.2. The van der Waals surface area contributed by atoms with Gasteiger partial charge in [-0.05, 0) is 30.3 Å². The highest BCUT2D eigenvalue weighted by Gasteiger charge is 2.25. The Morgan fingerprint density at radius 1 is 0.852 bits per heavy atom. The Hall–Kier alpha value is -3.03. The fraction of sp³-hybridized carbons (Fsp3) is 0.263. The molecular weight excluding hydrogens is 361 g/mol. The zero-order valence-corrected chi connectivity index (χ0v) is 14.3. The SMILES string of the molecule is O=C(COc1ccccc1F)N1CCN(C(=O)c2ccc(F)c(F)c2)CC1. The monoisotopic (exact) mass is 378 g/mol. The molecular formula is C19H17F3N2O3. The van der Waals surface area contributed by atoms with E-state index in [1.54, 1.807) is 6.07 Å². The maximum Gasteiger partial charge on any atom is 0.260 e. The van der Waals surface area contributed by atoms with Crippen LogP contribution >= 0.6 is 0 Å². The highest BCUT2D eigenvalue weighted by molar-refractivity contribution is 5.94. The predicted molar refractivity (Wildman–Crippen MR) is 90.7 cm³/mol. The Morgan fingerprint density at radius 3 is 2.19 bits per heavy atom. The summed E-state index contributed by atoms with van der Waals surface area (Å²) in [5.41, 5.74) is 0.0524. The van der Waals surface area contributed by atoms with E-state index in [0.29, 0.717) is 0 Å². The number of hydrogen-bond donors (Lipinski definition) is 0. The third-order valence-corrected chi connectivity index (χ3v) is 4.27. The Balaban J connectivity index is 1.52. The number of nitrogens with zero attached hydrogens (tertiary/aromatic N) is 2. The van der Waals surface area contributed by atoms with Crippen LogP contribution in [0, 0.1) is 17.5 Å². The Morgan fingerprint density at radius 2 is 1.52 bits per heavy atom. The van der Waals surface area contributed by atoms with Gasteiger partial charge in [0.25, 0.3) is 11.8 Å². The molecule has 0 radical (unpaired) electrons. The number of benzene rings is 2. The topological polar surface area (TPSA) is 49.9 Å². The molecule has 8 heteroatoms. The Labute approximate surface area is 153 Å². The van der Waals surface area contributed by atoms with Crippen molar-refractivity contribution in [3.63, 3.8) is 0 Å². The number of piperazine rings is 1. The molecule has 0 aromatic heterocycles. The third kappa shape index (κ3) is 4.39. The largest absolute Gasteiger partial charge is 0.481 e. The van der Waals surface area contributed by atoms with Gasteiger partial charge in [0.05, 0.1) is 0 Å². The third-order valence-electron chi connectivity index (χ3n) is 4.27. The van der Waals surface area contributed by atoms with Gasteiger partial charge in [0.15, 0.2) is 29.8 Å². The maximum absolute atomic E-state index is 13.5. The number of rotatable bonds is 4. The van der Waals surface area contributed by atoms with Gasteiger partial charge >= 0.3 is 0 Å². The fourth-order valence-electron chi connectivity index (χ4n) is 2.76. The van der Waals surface area contributed by atoms with E-state index in [1.165, 1.54) is 34.1 Å². The van der Waals surface area contributed by atoms with Gasteiger partial charge in [-0.1, -0.05) is 12.1 Å². The van der Waals surface area contributed by atoms with Gasteiger partial charge in [0, 0.05) is 31.7 Å². The molecule has 0 N–H and O–H groups in total. The van der Waals surface area contributed by atoms with Gasteiger partial charge in [-0.25, -0.2) is 13.2 Å². The summed E-state index contributed by atoms with van der Waals surface area (Å²) in [6, 6.07) is 8.78. The van der Waals surface area contributed by atoms with E-state index in [-0.39, 0.29) is 50.0 Å². The van der Waals surface area contributed by atoms with Crippen LogP contribution in [-0.2, 0) is 4.79 Å². The van der Waals surface area contributed by atoms with Crippen LogP contribution in [0.25, 0.3) is 0 Å². The van der Waals surface area contributed by atoms with Crippen LogP contribution < -0.4 is 4.74 Å². The van der Waals surface area contributed by atoms with E-state index in [1.807, 2.05) is 0 Å². The lowest BCUT2D eigenvalue weighted by Gasteiger charge is -2.34. The van der Waals surface area contributed by atoms with Crippen molar-refractivity contribution in [1.29, 1.82) is 0 Å². The van der Waals surface area contributed by atoms with Gasteiger partial charge < -0.3 is 14.5 Å². The second-order valence-corrected chi connectivity index (χ2v) is 6.02. The molecule has 0 unspecified atom stereocenters. The summed E-state index contributed by atoms with van der Waals surface area (Å²) in [6.07, 6.45) is 0. The molecule has 2 aromatic rings. The van der Waals surface area contributed by atoms with Gasteiger partial charge in [-0.3, -0.25) is 9.59 Å². The Bertz CT molecular complexity index is 852. The summed E-state index contributed by atoms with van der Waals surface area (Å²) in [5, 5.41) is 0. The number of carbonyl (C=O) groups excluding carboxylic acids is 2. The lowest BCUT2D eigenvalue weighted by Crippen LogP contribution is -2.51. The van der Waals surface area contributed by atoms with Gasteiger partial charge in [-0.2, -0.15) is 0 Å². The molecule has 142 valence electrons. The standard InChI is InChI=1S/C19H17F3N2O3/c20-14-6-5-13(11-16(14)22)19(26)24-9-7-23(8-10-24)18(25)12-27-17-4-2-1-3-15(17)21/h1-6,11H,7-10,12H2. The van der Waals surface area contributed by atoms with Crippen LogP contribution in [0.4, 0.5) is 13.2 Å². The molecule has 1 saturated heterocycles. The molecule has 1 heterocycles. The molecule has 1 aliphatic heterocycles. The molecule has 1 fully saturated rings. The first-order valence-corrected chi connectivity index (χ1v) is 8.35. The van der Waals surface area contributed by atoms with Crippen molar-refractivity contribution in [2.45, 2.75) is 0 Å². The van der Waals surface area contributed by atoms with Crippen LogP contribution in [-0.4, -0.2) is 54.4 Å². The number of halogens is 3. The number of ether oxygens (including phenoxy) is 1. The second kappa shape index (κ2) is 8.11. The van der Waals surface area contributed by atoms with Crippen molar-refractivity contribution in [2.75, 3.05) is 32.8 Å². The first-order valence-electron chi connectivity index (χ1n) is 8.35. The molecule has 0 atom stereocenters. The zero-order chi connectivity index (χ0) is 19.4. The van der Waals surface area contributed by atoms with Crippen molar-refractivity contribution in [1.82, 2.24) is 9.80 Å². The van der Waals surface area contributed by atoms with Crippen LogP contribution in [0.15, 0.2) is 42.5 Å². The Kier molecular flexibility index (Phi) is 5.63. The van der Waals surface area contributed by atoms with Crippen molar-refractivity contribution >= 4 is 11.8 Å². The van der Waals surface area contributed by atoms with Crippen LogP contribution in [0.1, 0.15) is 10.4 Å². The van der Waals surface area contributed by atoms with E-state index >= 15 is 0 Å².